The van der Waals surface area contributed by atoms with E-state index in [4.69, 9.17) is 4.74 Å². The summed E-state index contributed by atoms with van der Waals surface area (Å²) in [6, 6.07) is 7.35. The maximum absolute atomic E-state index is 12.1. The van der Waals surface area contributed by atoms with Gasteiger partial charge in [-0.2, -0.15) is 0 Å². The summed E-state index contributed by atoms with van der Waals surface area (Å²) in [5.41, 5.74) is 0.767. The van der Waals surface area contributed by atoms with Gasteiger partial charge in [-0.25, -0.2) is 0 Å². The average Bonchev–Trinajstić information content (AvgIpc) is 3.20. The third-order valence-electron chi connectivity index (χ3n) is 3.68. The molecular weight excluding hydrogens is 256 g/mol. The third-order valence-corrected chi connectivity index (χ3v) is 3.68. The van der Waals surface area contributed by atoms with Gasteiger partial charge >= 0.3 is 0 Å². The van der Waals surface area contributed by atoms with Crippen molar-refractivity contribution < 1.29 is 14.3 Å². The fourth-order valence-electron chi connectivity index (χ4n) is 2.06. The monoisotopic (exact) mass is 274 g/mol. The SMILES string of the molecule is CC1(C(=O)Nc2cccc(C(=O)NC3CC3)c2)COC1. The lowest BCUT2D eigenvalue weighted by atomic mass is 9.87. The molecule has 3 rings (SSSR count). The summed E-state index contributed by atoms with van der Waals surface area (Å²) >= 11 is 0. The Balaban J connectivity index is 1.67. The van der Waals surface area contributed by atoms with Crippen molar-refractivity contribution in [1.29, 1.82) is 0 Å². The molecule has 2 N–H and O–H groups in total. The Labute approximate surface area is 117 Å². The van der Waals surface area contributed by atoms with E-state index >= 15 is 0 Å². The van der Waals surface area contributed by atoms with Crippen molar-refractivity contribution in [2.75, 3.05) is 18.5 Å². The summed E-state index contributed by atoms with van der Waals surface area (Å²) in [7, 11) is 0. The summed E-state index contributed by atoms with van der Waals surface area (Å²) in [6.45, 7) is 2.76. The van der Waals surface area contributed by atoms with E-state index in [2.05, 4.69) is 10.6 Å². The van der Waals surface area contributed by atoms with Gasteiger partial charge in [-0.15, -0.1) is 0 Å². The molecule has 20 heavy (non-hydrogen) atoms. The number of benzene rings is 1. The third kappa shape index (κ3) is 2.67. The van der Waals surface area contributed by atoms with Crippen molar-refractivity contribution in [3.05, 3.63) is 29.8 Å². The highest BCUT2D eigenvalue weighted by Crippen LogP contribution is 2.28. The first-order chi connectivity index (χ1) is 9.57. The standard InChI is InChI=1S/C15H18N2O3/c1-15(8-20-9-15)14(19)17-12-4-2-3-10(7-12)13(18)16-11-5-6-11/h2-4,7,11H,5-6,8-9H2,1H3,(H,16,18)(H,17,19). The highest BCUT2D eigenvalue weighted by Gasteiger charge is 2.41. The second-order valence-electron chi connectivity index (χ2n) is 5.84. The molecule has 5 heteroatoms. The van der Waals surface area contributed by atoms with Gasteiger partial charge in [0, 0.05) is 17.3 Å². The van der Waals surface area contributed by atoms with Gasteiger partial charge in [0.1, 0.15) is 0 Å². The van der Waals surface area contributed by atoms with Crippen LogP contribution in [-0.4, -0.2) is 31.1 Å². The van der Waals surface area contributed by atoms with Gasteiger partial charge in [0.15, 0.2) is 0 Å². The number of rotatable bonds is 4. The lowest BCUT2D eigenvalue weighted by Crippen LogP contribution is -2.49. The summed E-state index contributed by atoms with van der Waals surface area (Å²) in [6.07, 6.45) is 2.11. The molecule has 1 aliphatic heterocycles. The fraction of sp³-hybridized carbons (Fsp3) is 0.467. The van der Waals surface area contributed by atoms with Crippen LogP contribution < -0.4 is 10.6 Å². The van der Waals surface area contributed by atoms with Crippen LogP contribution in [-0.2, 0) is 9.53 Å². The number of ether oxygens (including phenoxy) is 1. The van der Waals surface area contributed by atoms with Gasteiger partial charge in [-0.3, -0.25) is 9.59 Å². The predicted octanol–water partition coefficient (Wildman–Crippen LogP) is 1.55. The van der Waals surface area contributed by atoms with Crippen molar-refractivity contribution in [3.63, 3.8) is 0 Å². The van der Waals surface area contributed by atoms with Crippen LogP contribution in [0.4, 0.5) is 5.69 Å². The fourth-order valence-corrected chi connectivity index (χ4v) is 2.06. The predicted molar refractivity (Wildman–Crippen MR) is 74.5 cm³/mol. The Kier molecular flexibility index (Phi) is 3.22. The van der Waals surface area contributed by atoms with E-state index in [-0.39, 0.29) is 11.8 Å². The Hall–Kier alpha value is -1.88. The molecule has 1 saturated heterocycles. The molecule has 1 heterocycles. The maximum Gasteiger partial charge on any atom is 0.251 e. The number of carbonyl (C=O) groups is 2. The molecule has 1 aliphatic carbocycles. The van der Waals surface area contributed by atoms with Crippen LogP contribution in [0, 0.1) is 5.41 Å². The lowest BCUT2D eigenvalue weighted by molar-refractivity contribution is -0.151. The molecule has 106 valence electrons. The molecule has 0 unspecified atom stereocenters. The van der Waals surface area contributed by atoms with E-state index in [0.29, 0.717) is 30.5 Å². The molecule has 2 amide bonds. The smallest absolute Gasteiger partial charge is 0.251 e. The van der Waals surface area contributed by atoms with Crippen LogP contribution in [0.5, 0.6) is 0 Å². The van der Waals surface area contributed by atoms with Crippen LogP contribution in [0.25, 0.3) is 0 Å². The molecule has 1 aromatic carbocycles. The van der Waals surface area contributed by atoms with E-state index in [1.807, 2.05) is 6.92 Å². The molecular formula is C15H18N2O3. The second kappa shape index (κ2) is 4.90. The van der Waals surface area contributed by atoms with Crippen LogP contribution in [0.1, 0.15) is 30.1 Å². The first kappa shape index (κ1) is 13.1. The van der Waals surface area contributed by atoms with E-state index in [0.717, 1.165) is 12.8 Å². The van der Waals surface area contributed by atoms with Crippen LogP contribution >= 0.6 is 0 Å². The first-order valence-corrected chi connectivity index (χ1v) is 6.87. The lowest BCUT2D eigenvalue weighted by Gasteiger charge is -2.36. The van der Waals surface area contributed by atoms with Crippen LogP contribution in [0.15, 0.2) is 24.3 Å². The minimum Gasteiger partial charge on any atom is -0.379 e. The molecule has 2 aliphatic rings. The molecule has 0 bridgehead atoms. The number of anilines is 1. The summed E-state index contributed by atoms with van der Waals surface area (Å²) in [4.78, 5) is 24.0. The van der Waals surface area contributed by atoms with Gasteiger partial charge in [-0.05, 0) is 38.0 Å². The highest BCUT2D eigenvalue weighted by molar-refractivity contribution is 5.99. The minimum absolute atomic E-state index is 0.0662. The van der Waals surface area contributed by atoms with E-state index < -0.39 is 5.41 Å². The molecule has 0 atom stereocenters. The molecule has 1 aromatic rings. The Morgan fingerprint density at radius 1 is 1.30 bits per heavy atom. The zero-order chi connectivity index (χ0) is 14.2. The molecule has 0 radical (unpaired) electrons. The Morgan fingerprint density at radius 2 is 2.05 bits per heavy atom. The van der Waals surface area contributed by atoms with E-state index in [9.17, 15) is 9.59 Å². The summed E-state index contributed by atoms with van der Waals surface area (Å²) in [5, 5.41) is 5.78. The minimum atomic E-state index is -0.452. The summed E-state index contributed by atoms with van der Waals surface area (Å²) < 4.78 is 5.08. The Morgan fingerprint density at radius 3 is 2.65 bits per heavy atom. The van der Waals surface area contributed by atoms with Crippen LogP contribution in [0.2, 0.25) is 0 Å². The van der Waals surface area contributed by atoms with Gasteiger partial charge in [0.2, 0.25) is 5.91 Å². The zero-order valence-electron chi connectivity index (χ0n) is 11.4. The van der Waals surface area contributed by atoms with Gasteiger partial charge < -0.3 is 15.4 Å². The Bertz CT molecular complexity index is 548. The molecule has 2 fully saturated rings. The maximum atomic E-state index is 12.1. The van der Waals surface area contributed by atoms with E-state index in [1.54, 1.807) is 24.3 Å². The van der Waals surface area contributed by atoms with Crippen molar-refractivity contribution >= 4 is 17.5 Å². The first-order valence-electron chi connectivity index (χ1n) is 6.87. The topological polar surface area (TPSA) is 67.4 Å². The van der Waals surface area contributed by atoms with Gasteiger partial charge in [0.05, 0.1) is 18.6 Å². The number of nitrogens with one attached hydrogen (secondary N) is 2. The van der Waals surface area contributed by atoms with E-state index in [1.165, 1.54) is 0 Å². The molecule has 0 spiro atoms. The molecule has 5 nitrogen and oxygen atoms in total. The molecule has 1 saturated carbocycles. The van der Waals surface area contributed by atoms with Crippen molar-refractivity contribution in [1.82, 2.24) is 5.32 Å². The average molecular weight is 274 g/mol. The second-order valence-corrected chi connectivity index (χ2v) is 5.84. The van der Waals surface area contributed by atoms with Gasteiger partial charge in [-0.1, -0.05) is 6.07 Å². The largest absolute Gasteiger partial charge is 0.379 e. The highest BCUT2D eigenvalue weighted by atomic mass is 16.5. The van der Waals surface area contributed by atoms with Crippen molar-refractivity contribution in [2.45, 2.75) is 25.8 Å². The van der Waals surface area contributed by atoms with Crippen molar-refractivity contribution in [2.24, 2.45) is 5.41 Å². The van der Waals surface area contributed by atoms with Gasteiger partial charge in [0.25, 0.3) is 5.91 Å². The number of hydrogen-bond donors (Lipinski definition) is 2. The number of hydrogen-bond acceptors (Lipinski definition) is 3. The number of amides is 2. The quantitative estimate of drug-likeness (QED) is 0.875. The van der Waals surface area contributed by atoms with Crippen LogP contribution in [0.3, 0.4) is 0 Å². The molecule has 0 aromatic heterocycles. The van der Waals surface area contributed by atoms with Crippen molar-refractivity contribution in [3.8, 4) is 0 Å². The zero-order valence-corrected chi connectivity index (χ0v) is 11.4. The number of carbonyl (C=O) groups excluding carboxylic acids is 2. The normalized spacial score (nSPS) is 19.9. The summed E-state index contributed by atoms with van der Waals surface area (Å²) in [5.74, 6) is -0.148.